The molecular weight excluding hydrogens is 364 g/mol. The summed E-state index contributed by atoms with van der Waals surface area (Å²) in [5.74, 6) is 1.57. The van der Waals surface area contributed by atoms with Gasteiger partial charge in [0.1, 0.15) is 6.07 Å². The lowest BCUT2D eigenvalue weighted by molar-refractivity contribution is -0.154. The van der Waals surface area contributed by atoms with Crippen LogP contribution in [-0.2, 0) is 14.3 Å². The highest BCUT2D eigenvalue weighted by Crippen LogP contribution is 2.61. The van der Waals surface area contributed by atoms with Crippen molar-refractivity contribution in [3.8, 4) is 6.07 Å². The normalized spacial score (nSPS) is 30.6. The molecule has 6 heteroatoms. The Morgan fingerprint density at radius 2 is 1.81 bits per heavy atom. The van der Waals surface area contributed by atoms with E-state index in [1.165, 1.54) is 31.4 Å². The Kier molecular flexibility index (Phi) is 4.86. The molecule has 0 aromatic heterocycles. The number of carbonyl (C=O) groups is 2. The number of ether oxygens (including phenoxy) is 1. The topological polar surface area (TPSA) is 79.2 Å². The Hall–Kier alpha value is -2.06. The van der Waals surface area contributed by atoms with Gasteiger partial charge in [0.15, 0.2) is 6.61 Å². The molecule has 0 aliphatic heterocycles. The van der Waals surface area contributed by atoms with Crippen LogP contribution in [0, 0.1) is 34.5 Å². The molecule has 4 fully saturated rings. The van der Waals surface area contributed by atoms with E-state index >= 15 is 0 Å². The quantitative estimate of drug-likeness (QED) is 0.765. The number of nitriles is 1. The van der Waals surface area contributed by atoms with Gasteiger partial charge in [-0.1, -0.05) is 11.6 Å². The molecule has 1 N–H and O–H groups in total. The first-order chi connectivity index (χ1) is 12.9. The van der Waals surface area contributed by atoms with Crippen molar-refractivity contribution in [2.45, 2.75) is 44.9 Å². The predicted molar refractivity (Wildman–Crippen MR) is 101 cm³/mol. The standard InChI is InChI=1S/C21H23ClN2O3/c22-17-2-1-16(11-23)18(6-17)24-19(25)12-27-20(26)10-21-7-13-3-14(8-21)5-15(4-13)9-21/h1-2,6,13-15H,3-5,7-10,12H2,(H,24,25). The van der Waals surface area contributed by atoms with Crippen molar-refractivity contribution in [2.75, 3.05) is 11.9 Å². The molecular formula is C21H23ClN2O3. The van der Waals surface area contributed by atoms with Gasteiger partial charge < -0.3 is 10.1 Å². The zero-order valence-corrected chi connectivity index (χ0v) is 15.9. The maximum atomic E-state index is 12.4. The average Bonchev–Trinajstić information content (AvgIpc) is 2.58. The van der Waals surface area contributed by atoms with Crippen LogP contribution in [0.4, 0.5) is 5.69 Å². The van der Waals surface area contributed by atoms with Crippen LogP contribution in [0.3, 0.4) is 0 Å². The van der Waals surface area contributed by atoms with Crippen molar-refractivity contribution in [3.63, 3.8) is 0 Å². The van der Waals surface area contributed by atoms with Gasteiger partial charge in [-0.15, -0.1) is 0 Å². The fraction of sp³-hybridized carbons (Fsp3) is 0.571. The highest BCUT2D eigenvalue weighted by atomic mass is 35.5. The van der Waals surface area contributed by atoms with E-state index in [0.29, 0.717) is 22.7 Å². The van der Waals surface area contributed by atoms with Crippen LogP contribution >= 0.6 is 11.6 Å². The van der Waals surface area contributed by atoms with E-state index in [9.17, 15) is 9.59 Å². The number of rotatable bonds is 5. The van der Waals surface area contributed by atoms with E-state index in [2.05, 4.69) is 5.32 Å². The summed E-state index contributed by atoms with van der Waals surface area (Å²) in [5, 5.41) is 12.1. The van der Waals surface area contributed by atoms with Gasteiger partial charge in [-0.2, -0.15) is 5.26 Å². The lowest BCUT2D eigenvalue weighted by atomic mass is 9.49. The first-order valence-corrected chi connectivity index (χ1v) is 9.98. The molecule has 142 valence electrons. The van der Waals surface area contributed by atoms with Crippen molar-refractivity contribution in [3.05, 3.63) is 28.8 Å². The minimum atomic E-state index is -0.465. The minimum Gasteiger partial charge on any atom is -0.456 e. The summed E-state index contributed by atoms with van der Waals surface area (Å²) >= 11 is 5.91. The molecule has 5 nitrogen and oxygen atoms in total. The third-order valence-electron chi connectivity index (χ3n) is 6.42. The molecule has 0 unspecified atom stereocenters. The summed E-state index contributed by atoms with van der Waals surface area (Å²) in [6.07, 6.45) is 7.81. The van der Waals surface area contributed by atoms with Gasteiger partial charge in [-0.3, -0.25) is 9.59 Å². The van der Waals surface area contributed by atoms with Crippen molar-refractivity contribution in [1.82, 2.24) is 0 Å². The zero-order valence-electron chi connectivity index (χ0n) is 15.2. The number of amides is 1. The van der Waals surface area contributed by atoms with Gasteiger partial charge in [0, 0.05) is 5.02 Å². The van der Waals surface area contributed by atoms with E-state index in [4.69, 9.17) is 21.6 Å². The fourth-order valence-electron chi connectivity index (χ4n) is 5.91. The molecule has 4 saturated carbocycles. The Labute approximate surface area is 164 Å². The van der Waals surface area contributed by atoms with Gasteiger partial charge >= 0.3 is 5.97 Å². The fourth-order valence-corrected chi connectivity index (χ4v) is 6.09. The van der Waals surface area contributed by atoms with E-state index in [1.807, 2.05) is 6.07 Å². The highest BCUT2D eigenvalue weighted by molar-refractivity contribution is 6.31. The third-order valence-corrected chi connectivity index (χ3v) is 6.66. The molecule has 1 amide bonds. The van der Waals surface area contributed by atoms with Crippen LogP contribution in [0.15, 0.2) is 18.2 Å². The van der Waals surface area contributed by atoms with Crippen LogP contribution in [0.1, 0.15) is 50.5 Å². The molecule has 0 radical (unpaired) electrons. The van der Waals surface area contributed by atoms with Gasteiger partial charge in [-0.25, -0.2) is 0 Å². The van der Waals surface area contributed by atoms with Crippen molar-refractivity contribution in [1.29, 1.82) is 5.26 Å². The summed E-state index contributed by atoms with van der Waals surface area (Å²) in [6.45, 7) is -0.345. The molecule has 0 heterocycles. The number of esters is 1. The van der Waals surface area contributed by atoms with Crippen LogP contribution < -0.4 is 5.32 Å². The Morgan fingerprint density at radius 3 is 2.41 bits per heavy atom. The SMILES string of the molecule is N#Cc1ccc(Cl)cc1NC(=O)COC(=O)CC12CC3CC(CC(C3)C1)C2. The third kappa shape index (κ3) is 3.96. The summed E-state index contributed by atoms with van der Waals surface area (Å²) in [5.41, 5.74) is 0.739. The van der Waals surface area contributed by atoms with Crippen molar-refractivity contribution in [2.24, 2.45) is 23.2 Å². The van der Waals surface area contributed by atoms with Gasteiger partial charge in [-0.05, 0) is 79.9 Å². The number of hydrogen-bond donors (Lipinski definition) is 1. The number of halogens is 1. The van der Waals surface area contributed by atoms with Crippen molar-refractivity contribution >= 4 is 29.2 Å². The van der Waals surface area contributed by atoms with E-state index < -0.39 is 5.91 Å². The zero-order chi connectivity index (χ0) is 19.0. The van der Waals surface area contributed by atoms with Crippen LogP contribution in [0.5, 0.6) is 0 Å². The Bertz CT molecular complexity index is 779. The second-order valence-electron chi connectivity index (χ2n) is 8.60. The number of benzene rings is 1. The van der Waals surface area contributed by atoms with Crippen LogP contribution in [0.2, 0.25) is 5.02 Å². The minimum absolute atomic E-state index is 0.100. The summed E-state index contributed by atoms with van der Waals surface area (Å²) in [7, 11) is 0. The Balaban J connectivity index is 1.30. The first kappa shape index (κ1) is 18.3. The summed E-state index contributed by atoms with van der Waals surface area (Å²) < 4.78 is 5.25. The number of nitrogens with one attached hydrogen (secondary N) is 1. The number of nitrogens with zero attached hydrogens (tertiary/aromatic N) is 1. The number of carbonyl (C=O) groups excluding carboxylic acids is 2. The maximum absolute atomic E-state index is 12.4. The second kappa shape index (κ2) is 7.16. The van der Waals surface area contributed by atoms with Crippen LogP contribution in [-0.4, -0.2) is 18.5 Å². The monoisotopic (exact) mass is 386 g/mol. The number of anilines is 1. The first-order valence-electron chi connectivity index (χ1n) is 9.60. The molecule has 0 spiro atoms. The lowest BCUT2D eigenvalue weighted by Crippen LogP contribution is -2.47. The molecule has 0 atom stereocenters. The van der Waals surface area contributed by atoms with Gasteiger partial charge in [0.25, 0.3) is 5.91 Å². The predicted octanol–water partition coefficient (Wildman–Crippen LogP) is 4.30. The molecule has 4 aliphatic carbocycles. The van der Waals surface area contributed by atoms with Gasteiger partial charge in [0.2, 0.25) is 0 Å². The van der Waals surface area contributed by atoms with Gasteiger partial charge in [0.05, 0.1) is 17.7 Å². The van der Waals surface area contributed by atoms with E-state index in [0.717, 1.165) is 37.0 Å². The number of hydrogen-bond acceptors (Lipinski definition) is 4. The maximum Gasteiger partial charge on any atom is 0.306 e. The van der Waals surface area contributed by atoms with Crippen LogP contribution in [0.25, 0.3) is 0 Å². The lowest BCUT2D eigenvalue weighted by Gasteiger charge is -2.56. The summed E-state index contributed by atoms with van der Waals surface area (Å²) in [4.78, 5) is 24.5. The average molecular weight is 387 g/mol. The molecule has 1 aromatic rings. The molecule has 0 saturated heterocycles. The van der Waals surface area contributed by atoms with E-state index in [-0.39, 0.29) is 18.0 Å². The largest absolute Gasteiger partial charge is 0.456 e. The highest BCUT2D eigenvalue weighted by Gasteiger charge is 2.51. The molecule has 4 aliphatic rings. The van der Waals surface area contributed by atoms with E-state index in [1.54, 1.807) is 6.07 Å². The molecule has 1 aromatic carbocycles. The molecule has 4 bridgehead atoms. The molecule has 27 heavy (non-hydrogen) atoms. The Morgan fingerprint density at radius 1 is 1.19 bits per heavy atom. The summed E-state index contributed by atoms with van der Waals surface area (Å²) in [6, 6.07) is 6.63. The smallest absolute Gasteiger partial charge is 0.306 e. The molecule has 5 rings (SSSR count). The second-order valence-corrected chi connectivity index (χ2v) is 9.04. The van der Waals surface area contributed by atoms with Crippen molar-refractivity contribution < 1.29 is 14.3 Å².